The number of rotatable bonds is 18. The third kappa shape index (κ3) is 21.1. The van der Waals surface area contributed by atoms with E-state index in [0.29, 0.717) is 132 Å². The monoisotopic (exact) mass is 1890 g/mol. The number of hydrogen-bond acceptors (Lipinski definition) is 24. The number of nitrogens with zero attached hydrogens (tertiary/aromatic N) is 24. The fourth-order valence-corrected chi connectivity index (χ4v) is 21.1. The second-order valence-corrected chi connectivity index (χ2v) is 37.7. The molecule has 1 spiro atoms. The van der Waals surface area contributed by atoms with E-state index in [0.717, 1.165) is 179 Å². The molecule has 0 aromatic carbocycles. The highest BCUT2D eigenvalue weighted by Gasteiger charge is 2.49. The molecule has 13 aromatic heterocycles. The smallest absolute Gasteiger partial charge is 0.317 e. The van der Waals surface area contributed by atoms with Gasteiger partial charge in [0.25, 0.3) is 5.91 Å². The zero-order valence-electron chi connectivity index (χ0n) is 76.0. The van der Waals surface area contributed by atoms with Crippen LogP contribution in [0.2, 0.25) is 10.0 Å². The lowest BCUT2D eigenvalue weighted by molar-refractivity contribution is -0.126. The van der Waals surface area contributed by atoms with Crippen LogP contribution in [0.1, 0.15) is 177 Å². The largest absolute Gasteiger partial charge is 0.394 e. The highest BCUT2D eigenvalue weighted by molar-refractivity contribution is 6.31. The molecule has 42 heteroatoms. The molecule has 5 saturated carbocycles. The Balaban J connectivity index is 0.000000125. The van der Waals surface area contributed by atoms with Gasteiger partial charge >= 0.3 is 12.1 Å². The standard InChI is InChI=1S/C24H27F2N5O.C23H28ClFN8O2.C23H28ClFN8O.C23H24F2N8O/c1-14(32)16-6-5-9-24(7-3-4-8-24)18(16)11-20-19(26)13-27-22(29-20)21-17-10-15(25)12-28-23(17)31(2)30-21;1-32-22-17(8-13(24)10-27-22)19(31-32)21-26-11-18(25)20(30-21)28-14-4-2-5-15(9-14)29-23(35)33-7-3-6-16(33)12-34;1-13-6-7-33(12-13)23(34)29-16-5-3-4-15(9-16)28-20-18(25)11-26-21(30-20)19-17-8-14(24)10-27-22(17)32(2)31-19;1-32-12-26-11-19(32)23(34)29-15-5-3-4-13(6-15)7-18-17(25)10-27-21(30-18)20-16-8-14(24)9-28-22(16)33(2)31-20/h10,12-13,16,18H,3-9,11H2,1-2H3;8,10-11,14-16,34H,2-7,9,12H2,1H3,(H,29,35)(H,26,28,30);8,10-11,13,15-16H,3-7,9,12H2,1-2H3,(H,29,34)(H,26,28,30);8-13,15H,3-7H2,1-2H3,(H,29,34)/t;14-,15+,16-;13?,15-,16+;13?,15-/m.001/s1. The Morgan fingerprint density at radius 2 is 0.919 bits per heavy atom. The molecule has 20 rings (SSSR count). The van der Waals surface area contributed by atoms with Crippen molar-refractivity contribution in [3.8, 4) is 46.1 Å². The zero-order valence-corrected chi connectivity index (χ0v) is 77.5. The Hall–Kier alpha value is -12.6. The molecule has 6 N–H and O–H groups in total. The average Bonchev–Trinajstić information content (AvgIpc) is 1.72. The number of imidazole rings is 1. The van der Waals surface area contributed by atoms with Gasteiger partial charge in [0.05, 0.1) is 105 Å². The van der Waals surface area contributed by atoms with Crippen molar-refractivity contribution in [2.75, 3.05) is 36.9 Å². The molecule has 0 radical (unpaired) electrons. The Morgan fingerprint density at radius 1 is 0.467 bits per heavy atom. The van der Waals surface area contributed by atoms with Crippen molar-refractivity contribution in [1.29, 1.82) is 0 Å². The first-order chi connectivity index (χ1) is 65.1. The number of halogens is 8. The average molecular weight is 1900 g/mol. The minimum atomic E-state index is -0.556. The maximum Gasteiger partial charge on any atom is 0.317 e. The number of amides is 5. The van der Waals surface area contributed by atoms with E-state index in [1.54, 1.807) is 91.8 Å². The number of pyridine rings is 4. The van der Waals surface area contributed by atoms with Gasteiger partial charge < -0.3 is 46.1 Å². The highest BCUT2D eigenvalue weighted by atomic mass is 35.5. The number of carbonyl (C=O) groups is 4. The Bertz CT molecular complexity index is 6550. The summed E-state index contributed by atoms with van der Waals surface area (Å²) in [5.41, 5.74) is 5.14. The van der Waals surface area contributed by atoms with Crippen LogP contribution in [-0.4, -0.2) is 210 Å². The predicted molar refractivity (Wildman–Crippen MR) is 493 cm³/mol. The van der Waals surface area contributed by atoms with Gasteiger partial charge in [0.15, 0.2) is 80.8 Å². The number of Topliss-reactive ketones (excluding diaryl/α,β-unsaturated/α-hetero) is 1. The predicted octanol–water partition coefficient (Wildman–Crippen LogP) is 14.9. The summed E-state index contributed by atoms with van der Waals surface area (Å²) in [6.07, 6.45) is 34.3. The maximum atomic E-state index is 14.9. The molecule has 710 valence electrons. The van der Waals surface area contributed by atoms with Crippen LogP contribution in [0, 0.1) is 64.0 Å². The first-order valence-electron chi connectivity index (χ1n) is 46.1. The maximum absolute atomic E-state index is 14.9. The molecular weight excluding hydrogens is 1790 g/mol. The van der Waals surface area contributed by atoms with Crippen LogP contribution in [0.15, 0.2) is 86.4 Å². The first-order valence-corrected chi connectivity index (χ1v) is 46.9. The number of aliphatic hydroxyl groups excluding tert-OH is 1. The molecule has 5 amide bonds. The van der Waals surface area contributed by atoms with E-state index in [1.165, 1.54) is 27.7 Å². The number of anilines is 2. The van der Waals surface area contributed by atoms with E-state index in [4.69, 9.17) is 23.2 Å². The third-order valence-electron chi connectivity index (χ3n) is 27.4. The third-order valence-corrected chi connectivity index (χ3v) is 27.9. The molecule has 135 heavy (non-hydrogen) atoms. The van der Waals surface area contributed by atoms with E-state index in [1.807, 2.05) is 4.90 Å². The van der Waals surface area contributed by atoms with Crippen LogP contribution < -0.4 is 26.6 Å². The number of hydrogen-bond donors (Lipinski definition) is 6. The SMILES string of the molecule is CC(=O)C1CCCC2(CCCC2)C1Cc1nc(-c2nn(C)c3ncc(F)cc23)ncc1F.CC1CCN(C(=O)N[C@@H]2CCC[C@H](Nc3nc(-c4nn(C)c5ncc(Cl)cc45)ncc3F)C2)C1.Cn1cncc1C(=O)N[C@@H]1CCCC(Cc2nc(-c3nn(C)c4ncc(F)cc34)ncc2F)C1.Cn1nc(-c2ncc(F)c(N[C@H]3CCC[C@@H](NC(=O)N4CCC[C@H]4CO)C3)n2)c2cc(Cl)cnc21. The molecule has 7 fully saturated rings. The van der Waals surface area contributed by atoms with Gasteiger partial charge in [-0.3, -0.25) is 9.59 Å². The van der Waals surface area contributed by atoms with Crippen LogP contribution in [0.4, 0.5) is 47.6 Å². The number of carbonyl (C=O) groups excluding carboxylic acids is 4. The summed E-state index contributed by atoms with van der Waals surface area (Å²) in [5.74, 6) is -1.02. The zero-order chi connectivity index (χ0) is 94.6. The lowest BCUT2D eigenvalue weighted by atomic mass is 9.58. The molecule has 0 bridgehead atoms. The molecule has 15 heterocycles. The Labute approximate surface area is 783 Å². The van der Waals surface area contributed by atoms with Crippen molar-refractivity contribution < 1.29 is 50.6 Å². The second-order valence-electron chi connectivity index (χ2n) is 36.9. The summed E-state index contributed by atoms with van der Waals surface area (Å²) in [5, 5.41) is 46.3. The molecule has 2 saturated heterocycles. The van der Waals surface area contributed by atoms with E-state index in [2.05, 4.69) is 119 Å². The van der Waals surface area contributed by atoms with E-state index >= 15 is 0 Å². The van der Waals surface area contributed by atoms with Gasteiger partial charge in [0, 0.05) is 103 Å². The van der Waals surface area contributed by atoms with Crippen molar-refractivity contribution >= 4 is 103 Å². The molecule has 4 unspecified atom stereocenters. The summed E-state index contributed by atoms with van der Waals surface area (Å²) in [6.45, 7) is 6.07. The number of aryl methyl sites for hydroxylation is 5. The number of fused-ring (bicyclic) bond motifs is 4. The second kappa shape index (κ2) is 40.9. The topological polar surface area (TPSA) is 399 Å². The number of aromatic nitrogens is 22. The van der Waals surface area contributed by atoms with E-state index < -0.39 is 34.9 Å². The summed E-state index contributed by atoms with van der Waals surface area (Å²) in [4.78, 5) is 109. The Morgan fingerprint density at radius 3 is 1.40 bits per heavy atom. The van der Waals surface area contributed by atoms with Gasteiger partial charge in [-0.05, 0) is 183 Å². The van der Waals surface area contributed by atoms with Gasteiger partial charge in [0.1, 0.15) is 45.9 Å². The number of aliphatic hydroxyl groups is 1. The van der Waals surface area contributed by atoms with Gasteiger partial charge in [-0.15, -0.1) is 0 Å². The number of urea groups is 2. The minimum absolute atomic E-state index is 0.000182. The normalized spacial score (nSPS) is 21.6. The van der Waals surface area contributed by atoms with Gasteiger partial charge in [-0.1, -0.05) is 55.8 Å². The van der Waals surface area contributed by atoms with Crippen molar-refractivity contribution in [1.82, 2.24) is 134 Å². The van der Waals surface area contributed by atoms with Crippen molar-refractivity contribution in [2.24, 2.45) is 64.3 Å². The molecule has 13 aromatic rings. The number of ketones is 1. The molecule has 5 aliphatic carbocycles. The minimum Gasteiger partial charge on any atom is -0.394 e. The number of likely N-dealkylation sites (tertiary alicyclic amines) is 2. The van der Waals surface area contributed by atoms with E-state index in [-0.39, 0.29) is 125 Å². The van der Waals surface area contributed by atoms with Crippen LogP contribution in [0.5, 0.6) is 0 Å². The lowest BCUT2D eigenvalue weighted by Crippen LogP contribution is -2.50. The quantitative estimate of drug-likeness (QED) is 0.0435. The fraction of sp³-hybridized carbons (Fsp3) is 0.495. The summed E-state index contributed by atoms with van der Waals surface area (Å²) >= 11 is 12.2. The fourth-order valence-electron chi connectivity index (χ4n) is 20.8. The molecule has 2 aliphatic heterocycles. The summed E-state index contributed by atoms with van der Waals surface area (Å²) in [6, 6.07) is 5.85. The lowest BCUT2D eigenvalue weighted by Gasteiger charge is -2.45. The van der Waals surface area contributed by atoms with Crippen LogP contribution in [-0.2, 0) is 52.9 Å². The van der Waals surface area contributed by atoms with E-state index in [9.17, 15) is 50.6 Å². The molecular formula is C93H107Cl2F6N29O5. The first kappa shape index (κ1) is 94.2. The van der Waals surface area contributed by atoms with Gasteiger partial charge in [-0.25, -0.2) is 119 Å². The molecule has 34 nitrogen and oxygen atoms in total. The van der Waals surface area contributed by atoms with Crippen molar-refractivity contribution in [2.45, 2.75) is 204 Å². The molecule has 10 atom stereocenters. The summed E-state index contributed by atoms with van der Waals surface area (Å²) in [7, 11) is 8.72. The Kier molecular flexibility index (Phi) is 28.5. The van der Waals surface area contributed by atoms with Crippen LogP contribution >= 0.6 is 23.2 Å². The molecule has 7 aliphatic rings. The summed E-state index contributed by atoms with van der Waals surface area (Å²) < 4.78 is 94.5. The van der Waals surface area contributed by atoms with Gasteiger partial charge in [-0.2, -0.15) is 20.4 Å². The highest BCUT2D eigenvalue weighted by Crippen LogP contribution is 2.56. The van der Waals surface area contributed by atoms with Crippen LogP contribution in [0.3, 0.4) is 0 Å². The van der Waals surface area contributed by atoms with Crippen molar-refractivity contribution in [3.05, 3.63) is 148 Å². The van der Waals surface area contributed by atoms with Gasteiger partial charge in [0.2, 0.25) is 0 Å². The number of nitrogens with one attached hydrogen (secondary N) is 5. The van der Waals surface area contributed by atoms with Crippen LogP contribution in [0.25, 0.3) is 90.2 Å². The van der Waals surface area contributed by atoms with Crippen molar-refractivity contribution in [3.63, 3.8) is 0 Å².